The number of aromatic hydroxyl groups is 1. The summed E-state index contributed by atoms with van der Waals surface area (Å²) in [4.78, 5) is 8.56. The molecule has 0 saturated heterocycles. The Kier molecular flexibility index (Phi) is 7.36. The van der Waals surface area contributed by atoms with Gasteiger partial charge in [0.25, 0.3) is 0 Å². The SMILES string of the molecule is Cc1ccccc1O.N.O=C(O)O. The molecule has 0 radical (unpaired) electrons. The third-order valence-electron chi connectivity index (χ3n) is 1.12. The van der Waals surface area contributed by atoms with E-state index in [4.69, 9.17) is 20.1 Å². The standard InChI is InChI=1S/C7H8O.CH2O3.H3N/c1-6-4-2-3-5-7(6)8;2-1(3)4;/h2-5,8H,1H3;(H2,2,3,4);1H3. The lowest BCUT2D eigenvalue weighted by Crippen LogP contribution is -1.81. The summed E-state index contributed by atoms with van der Waals surface area (Å²) in [5, 5.41) is 22.9. The van der Waals surface area contributed by atoms with Gasteiger partial charge in [0.1, 0.15) is 5.75 Å². The van der Waals surface area contributed by atoms with Gasteiger partial charge in [-0.2, -0.15) is 0 Å². The molecule has 0 aromatic heterocycles. The highest BCUT2D eigenvalue weighted by atomic mass is 16.6. The highest BCUT2D eigenvalue weighted by Crippen LogP contribution is 2.12. The van der Waals surface area contributed by atoms with Crippen LogP contribution in [0.1, 0.15) is 5.56 Å². The lowest BCUT2D eigenvalue weighted by atomic mass is 10.2. The van der Waals surface area contributed by atoms with Crippen LogP contribution in [0.15, 0.2) is 24.3 Å². The van der Waals surface area contributed by atoms with E-state index in [1.807, 2.05) is 25.1 Å². The minimum Gasteiger partial charge on any atom is -0.508 e. The van der Waals surface area contributed by atoms with Gasteiger partial charge in [-0.15, -0.1) is 0 Å². The molecule has 0 aliphatic rings. The van der Waals surface area contributed by atoms with E-state index in [9.17, 15) is 0 Å². The molecule has 0 saturated carbocycles. The van der Waals surface area contributed by atoms with Crippen LogP contribution in [-0.4, -0.2) is 21.5 Å². The van der Waals surface area contributed by atoms with Gasteiger partial charge in [0.2, 0.25) is 0 Å². The topological polar surface area (TPSA) is 113 Å². The zero-order chi connectivity index (χ0) is 9.56. The van der Waals surface area contributed by atoms with Crippen molar-refractivity contribution in [2.45, 2.75) is 6.92 Å². The molecule has 0 aliphatic heterocycles. The van der Waals surface area contributed by atoms with Crippen molar-refractivity contribution in [2.24, 2.45) is 0 Å². The Morgan fingerprint density at radius 3 is 1.85 bits per heavy atom. The lowest BCUT2D eigenvalue weighted by molar-refractivity contribution is 0.137. The van der Waals surface area contributed by atoms with E-state index in [2.05, 4.69) is 0 Å². The van der Waals surface area contributed by atoms with Crippen LogP contribution in [0.2, 0.25) is 0 Å². The van der Waals surface area contributed by atoms with Gasteiger partial charge in [-0.3, -0.25) is 0 Å². The van der Waals surface area contributed by atoms with E-state index in [1.54, 1.807) is 6.07 Å². The Bertz CT molecular complexity index is 237. The van der Waals surface area contributed by atoms with Gasteiger partial charge in [0.05, 0.1) is 0 Å². The van der Waals surface area contributed by atoms with Crippen molar-refractivity contribution < 1.29 is 20.1 Å². The van der Waals surface area contributed by atoms with Crippen LogP contribution in [0.25, 0.3) is 0 Å². The van der Waals surface area contributed by atoms with Gasteiger partial charge in [0, 0.05) is 0 Å². The summed E-state index contributed by atoms with van der Waals surface area (Å²) in [6.45, 7) is 1.87. The number of hydrogen-bond acceptors (Lipinski definition) is 3. The smallest absolute Gasteiger partial charge is 0.503 e. The molecule has 0 amide bonds. The van der Waals surface area contributed by atoms with Crippen LogP contribution in [-0.2, 0) is 0 Å². The van der Waals surface area contributed by atoms with E-state index in [1.165, 1.54) is 0 Å². The van der Waals surface area contributed by atoms with Crippen LogP contribution in [0, 0.1) is 6.92 Å². The highest BCUT2D eigenvalue weighted by Gasteiger charge is 1.86. The molecule has 0 atom stereocenters. The summed E-state index contributed by atoms with van der Waals surface area (Å²) in [6, 6.07) is 7.25. The molecule has 1 rings (SSSR count). The molecule has 0 heterocycles. The molecule has 0 fully saturated rings. The Balaban J connectivity index is 0. The fourth-order valence-corrected chi connectivity index (χ4v) is 0.563. The first-order chi connectivity index (χ1) is 5.54. The van der Waals surface area contributed by atoms with Gasteiger partial charge < -0.3 is 21.5 Å². The first kappa shape index (κ1) is 13.8. The van der Waals surface area contributed by atoms with Crippen molar-refractivity contribution in [3.8, 4) is 5.75 Å². The van der Waals surface area contributed by atoms with E-state index in [0.717, 1.165) is 5.56 Å². The summed E-state index contributed by atoms with van der Waals surface area (Å²) in [7, 11) is 0. The number of aryl methyl sites for hydroxylation is 1. The molecule has 0 aliphatic carbocycles. The average Bonchev–Trinajstić information content (AvgIpc) is 1.94. The zero-order valence-corrected chi connectivity index (χ0v) is 7.27. The molecule has 1 aromatic rings. The summed E-state index contributed by atoms with van der Waals surface area (Å²) < 4.78 is 0. The summed E-state index contributed by atoms with van der Waals surface area (Å²) in [5.41, 5.74) is 0.924. The van der Waals surface area contributed by atoms with Crippen molar-refractivity contribution in [3.05, 3.63) is 29.8 Å². The minimum atomic E-state index is -1.83. The third-order valence-corrected chi connectivity index (χ3v) is 1.12. The maximum atomic E-state index is 8.92. The van der Waals surface area contributed by atoms with Crippen molar-refractivity contribution in [1.29, 1.82) is 0 Å². The molecule has 5 nitrogen and oxygen atoms in total. The first-order valence-electron chi connectivity index (χ1n) is 3.20. The van der Waals surface area contributed by atoms with Gasteiger partial charge in [-0.05, 0) is 18.6 Å². The van der Waals surface area contributed by atoms with Crippen LogP contribution >= 0.6 is 0 Å². The zero-order valence-electron chi connectivity index (χ0n) is 7.27. The maximum Gasteiger partial charge on any atom is 0.503 e. The van der Waals surface area contributed by atoms with Gasteiger partial charge >= 0.3 is 6.16 Å². The second kappa shape index (κ2) is 6.93. The van der Waals surface area contributed by atoms with Crippen LogP contribution in [0.4, 0.5) is 4.79 Å². The normalized spacial score (nSPS) is 7.46. The van der Waals surface area contributed by atoms with Crippen molar-refractivity contribution >= 4 is 6.16 Å². The molecule has 74 valence electrons. The molecule has 6 N–H and O–H groups in total. The van der Waals surface area contributed by atoms with Crippen LogP contribution in [0.5, 0.6) is 5.75 Å². The Morgan fingerprint density at radius 1 is 1.23 bits per heavy atom. The number of carbonyl (C=O) groups is 1. The first-order valence-corrected chi connectivity index (χ1v) is 3.20. The molecule has 13 heavy (non-hydrogen) atoms. The minimum absolute atomic E-state index is 0. The quantitative estimate of drug-likeness (QED) is 0.496. The highest BCUT2D eigenvalue weighted by molar-refractivity contribution is 5.53. The molecule has 0 unspecified atom stereocenters. The van der Waals surface area contributed by atoms with E-state index < -0.39 is 6.16 Å². The number of phenols is 1. The second-order valence-electron chi connectivity index (χ2n) is 2.07. The van der Waals surface area contributed by atoms with Gasteiger partial charge in [-0.25, -0.2) is 4.79 Å². The largest absolute Gasteiger partial charge is 0.508 e. The third kappa shape index (κ3) is 8.15. The molecular formula is C8H13NO4. The Hall–Kier alpha value is -1.75. The number of hydrogen-bond donors (Lipinski definition) is 4. The van der Waals surface area contributed by atoms with Crippen molar-refractivity contribution in [2.75, 3.05) is 0 Å². The van der Waals surface area contributed by atoms with Crippen molar-refractivity contribution in [3.63, 3.8) is 0 Å². The van der Waals surface area contributed by atoms with Crippen molar-refractivity contribution in [1.82, 2.24) is 6.15 Å². The fraction of sp³-hybridized carbons (Fsp3) is 0.125. The maximum absolute atomic E-state index is 8.92. The van der Waals surface area contributed by atoms with E-state index >= 15 is 0 Å². The molecule has 5 heteroatoms. The number of carboxylic acid groups (broad SMARTS) is 2. The predicted octanol–water partition coefficient (Wildman–Crippen LogP) is 2.09. The molecular weight excluding hydrogens is 174 g/mol. The van der Waals surface area contributed by atoms with E-state index in [0.29, 0.717) is 5.75 Å². The Labute approximate surface area is 75.8 Å². The second-order valence-corrected chi connectivity index (χ2v) is 2.07. The lowest BCUT2D eigenvalue weighted by Gasteiger charge is -1.92. The van der Waals surface area contributed by atoms with Gasteiger partial charge in [-0.1, -0.05) is 18.2 Å². The predicted molar refractivity (Wildman–Crippen MR) is 48.5 cm³/mol. The number of para-hydroxylation sites is 1. The summed E-state index contributed by atoms with van der Waals surface area (Å²) >= 11 is 0. The monoisotopic (exact) mass is 187 g/mol. The molecule has 1 aromatic carbocycles. The van der Waals surface area contributed by atoms with E-state index in [-0.39, 0.29) is 6.15 Å². The Morgan fingerprint density at radius 2 is 1.62 bits per heavy atom. The number of phenolic OH excluding ortho intramolecular Hbond substituents is 1. The number of benzene rings is 1. The van der Waals surface area contributed by atoms with Crippen LogP contribution in [0.3, 0.4) is 0 Å². The molecule has 0 spiro atoms. The van der Waals surface area contributed by atoms with Gasteiger partial charge in [0.15, 0.2) is 0 Å². The number of rotatable bonds is 0. The fourth-order valence-electron chi connectivity index (χ4n) is 0.563. The molecule has 0 bridgehead atoms. The average molecular weight is 187 g/mol. The summed E-state index contributed by atoms with van der Waals surface area (Å²) in [6.07, 6.45) is -1.83. The summed E-state index contributed by atoms with van der Waals surface area (Å²) in [5.74, 6) is 0.368. The van der Waals surface area contributed by atoms with Crippen LogP contribution < -0.4 is 6.15 Å².